The van der Waals surface area contributed by atoms with Gasteiger partial charge in [-0.1, -0.05) is 30.3 Å². The van der Waals surface area contributed by atoms with Gasteiger partial charge in [-0.25, -0.2) is 0 Å². The van der Waals surface area contributed by atoms with Crippen molar-refractivity contribution in [2.75, 3.05) is 32.7 Å². The largest absolute Gasteiger partial charge is 0.343 e. The first-order valence-electron chi connectivity index (χ1n) is 7.42. The second-order valence-corrected chi connectivity index (χ2v) is 5.27. The van der Waals surface area contributed by atoms with E-state index >= 15 is 0 Å². The van der Waals surface area contributed by atoms with Crippen LogP contribution in [0.25, 0.3) is 10.8 Å². The molecule has 1 radical (unpaired) electrons. The van der Waals surface area contributed by atoms with Gasteiger partial charge in [0.15, 0.2) is 0 Å². The van der Waals surface area contributed by atoms with Crippen molar-refractivity contribution in [3.8, 4) is 0 Å². The van der Waals surface area contributed by atoms with E-state index in [0.717, 1.165) is 23.9 Å². The molecule has 0 saturated carbocycles. The minimum absolute atomic E-state index is 0.0273. The number of piperazine rings is 1. The first kappa shape index (κ1) is 14.5. The molecule has 1 aliphatic heterocycles. The predicted molar refractivity (Wildman–Crippen MR) is 84.6 cm³/mol. The standard InChI is InChI=1S/C17H18N3O2/c21-16(20-9-7-18-8-10-20)12-19-17(22)15-6-5-13-3-1-2-4-14(13)11-15/h1-6,18H,7-10,12H2,(H,19,22). The highest BCUT2D eigenvalue weighted by atomic mass is 16.2. The Morgan fingerprint density at radius 3 is 2.73 bits per heavy atom. The number of amides is 2. The van der Waals surface area contributed by atoms with E-state index in [0.29, 0.717) is 18.7 Å². The predicted octanol–water partition coefficient (Wildman–Crippen LogP) is 0.802. The van der Waals surface area contributed by atoms with Crippen LogP contribution in [-0.4, -0.2) is 49.4 Å². The molecule has 0 aliphatic carbocycles. The molecule has 5 heteroatoms. The Morgan fingerprint density at radius 2 is 1.91 bits per heavy atom. The zero-order valence-electron chi connectivity index (χ0n) is 12.3. The lowest BCUT2D eigenvalue weighted by Crippen LogP contribution is -2.49. The average molecular weight is 296 g/mol. The summed E-state index contributed by atoms with van der Waals surface area (Å²) in [5.74, 6) is -0.315. The quantitative estimate of drug-likeness (QED) is 0.881. The Hall–Kier alpha value is -2.40. The Balaban J connectivity index is 1.61. The third-order valence-corrected chi connectivity index (χ3v) is 3.77. The van der Waals surface area contributed by atoms with Gasteiger partial charge in [0.1, 0.15) is 0 Å². The smallest absolute Gasteiger partial charge is 0.252 e. The van der Waals surface area contributed by atoms with Crippen LogP contribution in [0.3, 0.4) is 0 Å². The Labute approximate surface area is 129 Å². The van der Waals surface area contributed by atoms with Crippen molar-refractivity contribution in [1.82, 2.24) is 15.5 Å². The maximum Gasteiger partial charge on any atom is 0.252 e. The van der Waals surface area contributed by atoms with Gasteiger partial charge in [-0.3, -0.25) is 9.59 Å². The molecule has 2 aromatic carbocycles. The van der Waals surface area contributed by atoms with Crippen molar-refractivity contribution in [2.45, 2.75) is 0 Å². The van der Waals surface area contributed by atoms with Crippen molar-refractivity contribution in [3.63, 3.8) is 0 Å². The first-order chi connectivity index (χ1) is 10.7. The molecule has 0 unspecified atom stereocenters. The van der Waals surface area contributed by atoms with Gasteiger partial charge in [-0.05, 0) is 16.8 Å². The third kappa shape index (κ3) is 3.26. The zero-order valence-corrected chi connectivity index (χ0v) is 12.3. The second kappa shape index (κ2) is 6.58. The van der Waals surface area contributed by atoms with E-state index in [9.17, 15) is 9.59 Å². The van der Waals surface area contributed by atoms with Crippen molar-refractivity contribution in [1.29, 1.82) is 0 Å². The molecule has 1 aliphatic rings. The van der Waals surface area contributed by atoms with Crippen LogP contribution in [0.2, 0.25) is 0 Å². The fourth-order valence-corrected chi connectivity index (χ4v) is 2.53. The zero-order chi connectivity index (χ0) is 15.4. The molecule has 113 valence electrons. The number of hydrogen-bond acceptors (Lipinski definition) is 3. The fourth-order valence-electron chi connectivity index (χ4n) is 2.53. The lowest BCUT2D eigenvalue weighted by molar-refractivity contribution is -0.130. The lowest BCUT2D eigenvalue weighted by atomic mass is 10.1. The van der Waals surface area contributed by atoms with Crippen LogP contribution in [0.5, 0.6) is 0 Å². The highest BCUT2D eigenvalue weighted by Gasteiger charge is 2.17. The number of nitrogens with zero attached hydrogens (tertiary/aromatic N) is 1. The van der Waals surface area contributed by atoms with Gasteiger partial charge in [-0.15, -0.1) is 0 Å². The van der Waals surface area contributed by atoms with Gasteiger partial charge >= 0.3 is 0 Å². The van der Waals surface area contributed by atoms with Crippen LogP contribution in [0.1, 0.15) is 10.4 Å². The molecular weight excluding hydrogens is 278 g/mol. The molecular formula is C17H18N3O2. The molecule has 0 bridgehead atoms. The van der Waals surface area contributed by atoms with Crippen molar-refractivity contribution < 1.29 is 9.59 Å². The number of benzene rings is 2. The summed E-state index contributed by atoms with van der Waals surface area (Å²) in [5, 5.41) is 7.80. The van der Waals surface area contributed by atoms with Gasteiger partial charge in [-0.2, -0.15) is 0 Å². The van der Waals surface area contributed by atoms with E-state index in [4.69, 9.17) is 0 Å². The normalized spacial score (nSPS) is 14.8. The topological polar surface area (TPSA) is 61.4 Å². The van der Waals surface area contributed by atoms with Gasteiger partial charge in [0, 0.05) is 37.8 Å². The Morgan fingerprint density at radius 1 is 1.14 bits per heavy atom. The number of carbonyl (C=O) groups is 2. The van der Waals surface area contributed by atoms with Crippen LogP contribution >= 0.6 is 0 Å². The maximum atomic E-state index is 12.2. The molecule has 1 heterocycles. The number of nitrogens with one attached hydrogen (secondary N) is 2. The summed E-state index contributed by atoms with van der Waals surface area (Å²) in [6, 6.07) is 14.4. The van der Waals surface area contributed by atoms with Gasteiger partial charge in [0.05, 0.1) is 6.54 Å². The van der Waals surface area contributed by atoms with Crippen LogP contribution in [0.4, 0.5) is 0 Å². The molecule has 0 atom stereocenters. The van der Waals surface area contributed by atoms with E-state index in [2.05, 4.69) is 16.7 Å². The van der Waals surface area contributed by atoms with Crippen molar-refractivity contribution >= 4 is 22.6 Å². The maximum absolute atomic E-state index is 12.2. The molecule has 2 aromatic rings. The molecule has 1 fully saturated rings. The minimum atomic E-state index is -0.269. The summed E-state index contributed by atoms with van der Waals surface area (Å²) in [5.41, 5.74) is 0.451. The van der Waals surface area contributed by atoms with Crippen LogP contribution in [0.15, 0.2) is 36.4 Å². The number of hydrogen-bond donors (Lipinski definition) is 2. The summed E-state index contributed by atoms with van der Waals surface area (Å²) in [4.78, 5) is 25.9. The minimum Gasteiger partial charge on any atom is -0.343 e. The van der Waals surface area contributed by atoms with Gasteiger partial charge < -0.3 is 15.5 Å². The summed E-state index contributed by atoms with van der Waals surface area (Å²) in [6.07, 6.45) is 0. The summed E-state index contributed by atoms with van der Waals surface area (Å²) in [6.45, 7) is 3.02. The SMILES string of the molecule is O=C(NCC(=O)N1CCNCC1)c1[c]c2ccccc2cc1. The molecule has 1 saturated heterocycles. The van der Waals surface area contributed by atoms with E-state index in [1.807, 2.05) is 30.3 Å². The molecule has 0 aromatic heterocycles. The average Bonchev–Trinajstić information content (AvgIpc) is 2.59. The fraction of sp³-hybridized carbons (Fsp3) is 0.294. The van der Waals surface area contributed by atoms with E-state index in [-0.39, 0.29) is 18.4 Å². The van der Waals surface area contributed by atoms with E-state index in [1.165, 1.54) is 0 Å². The molecule has 3 rings (SSSR count). The Bertz CT molecular complexity index is 693. The highest BCUT2D eigenvalue weighted by molar-refractivity contribution is 5.99. The second-order valence-electron chi connectivity index (χ2n) is 5.27. The van der Waals surface area contributed by atoms with Gasteiger partial charge in [0.25, 0.3) is 5.91 Å². The van der Waals surface area contributed by atoms with Crippen molar-refractivity contribution in [3.05, 3.63) is 48.0 Å². The summed E-state index contributed by atoms with van der Waals surface area (Å²) >= 11 is 0. The van der Waals surface area contributed by atoms with E-state index < -0.39 is 0 Å². The highest BCUT2D eigenvalue weighted by Crippen LogP contribution is 2.14. The Kier molecular flexibility index (Phi) is 4.34. The molecule has 2 amide bonds. The van der Waals surface area contributed by atoms with Crippen LogP contribution in [-0.2, 0) is 4.79 Å². The third-order valence-electron chi connectivity index (χ3n) is 3.77. The number of rotatable bonds is 3. The number of carbonyl (C=O) groups excluding carboxylic acids is 2. The number of fused-ring (bicyclic) bond motifs is 1. The molecule has 0 spiro atoms. The monoisotopic (exact) mass is 296 g/mol. The van der Waals surface area contributed by atoms with E-state index in [1.54, 1.807) is 11.0 Å². The summed E-state index contributed by atoms with van der Waals surface area (Å²) in [7, 11) is 0. The molecule has 2 N–H and O–H groups in total. The summed E-state index contributed by atoms with van der Waals surface area (Å²) < 4.78 is 0. The van der Waals surface area contributed by atoms with Crippen molar-refractivity contribution in [2.24, 2.45) is 0 Å². The lowest BCUT2D eigenvalue weighted by Gasteiger charge is -2.27. The molecule has 5 nitrogen and oxygen atoms in total. The first-order valence-corrected chi connectivity index (χ1v) is 7.42. The van der Waals surface area contributed by atoms with Crippen LogP contribution in [0, 0.1) is 6.07 Å². The molecule has 22 heavy (non-hydrogen) atoms. The van der Waals surface area contributed by atoms with Crippen LogP contribution < -0.4 is 10.6 Å². The van der Waals surface area contributed by atoms with Gasteiger partial charge in [0.2, 0.25) is 5.91 Å².